The number of halogens is 2. The van der Waals surface area contributed by atoms with Gasteiger partial charge in [0.25, 0.3) is 0 Å². The van der Waals surface area contributed by atoms with Crippen LogP contribution in [0, 0.1) is 0 Å². The zero-order chi connectivity index (χ0) is 11.5. The summed E-state index contributed by atoms with van der Waals surface area (Å²) >= 11 is 9.36. The largest absolute Gasteiger partial charge is 0.252 e. The van der Waals surface area contributed by atoms with Crippen LogP contribution in [0.1, 0.15) is 12.6 Å². The second-order valence-corrected chi connectivity index (χ2v) is 4.43. The molecular weight excluding hydrogens is 289 g/mol. The van der Waals surface area contributed by atoms with Gasteiger partial charge < -0.3 is 0 Å². The number of hydrogen-bond donors (Lipinski definition) is 0. The molecule has 3 nitrogen and oxygen atoms in total. The first-order valence-corrected chi connectivity index (χ1v) is 6.02. The van der Waals surface area contributed by atoms with E-state index in [0.717, 1.165) is 16.6 Å². The summed E-state index contributed by atoms with van der Waals surface area (Å²) < 4.78 is 0.860. The van der Waals surface area contributed by atoms with Crippen molar-refractivity contribution in [3.05, 3.63) is 39.7 Å². The minimum atomic E-state index is 0.444. The van der Waals surface area contributed by atoms with E-state index in [9.17, 15) is 0 Å². The zero-order valence-electron chi connectivity index (χ0n) is 8.61. The summed E-state index contributed by atoms with van der Waals surface area (Å²) in [5.74, 6) is 0.553. The SMILES string of the molecule is CCc1cc(Cl)nc(-c2ncccc2Br)n1. The van der Waals surface area contributed by atoms with Gasteiger partial charge in [-0.3, -0.25) is 4.98 Å². The van der Waals surface area contributed by atoms with E-state index in [1.165, 1.54) is 0 Å². The van der Waals surface area contributed by atoms with E-state index in [4.69, 9.17) is 11.6 Å². The lowest BCUT2D eigenvalue weighted by atomic mass is 10.3. The predicted molar refractivity (Wildman–Crippen MR) is 67.4 cm³/mol. The Balaban J connectivity index is 2.56. The molecule has 0 aromatic carbocycles. The average molecular weight is 299 g/mol. The van der Waals surface area contributed by atoms with E-state index < -0.39 is 0 Å². The highest BCUT2D eigenvalue weighted by atomic mass is 79.9. The van der Waals surface area contributed by atoms with E-state index in [2.05, 4.69) is 30.9 Å². The van der Waals surface area contributed by atoms with Crippen LogP contribution in [-0.4, -0.2) is 15.0 Å². The molecule has 0 radical (unpaired) electrons. The van der Waals surface area contributed by atoms with Crippen LogP contribution in [0.4, 0.5) is 0 Å². The molecule has 2 heterocycles. The molecule has 16 heavy (non-hydrogen) atoms. The van der Waals surface area contributed by atoms with Gasteiger partial charge in [-0.25, -0.2) is 9.97 Å². The van der Waals surface area contributed by atoms with Gasteiger partial charge in [-0.1, -0.05) is 18.5 Å². The Morgan fingerprint density at radius 2 is 2.19 bits per heavy atom. The van der Waals surface area contributed by atoms with E-state index in [-0.39, 0.29) is 0 Å². The third-order valence-electron chi connectivity index (χ3n) is 2.08. The van der Waals surface area contributed by atoms with Gasteiger partial charge >= 0.3 is 0 Å². The maximum absolute atomic E-state index is 5.94. The highest BCUT2D eigenvalue weighted by Gasteiger charge is 2.09. The van der Waals surface area contributed by atoms with E-state index in [1.54, 1.807) is 12.3 Å². The third-order valence-corrected chi connectivity index (χ3v) is 2.91. The average Bonchev–Trinajstić information content (AvgIpc) is 2.28. The quantitative estimate of drug-likeness (QED) is 0.796. The second kappa shape index (κ2) is 4.89. The Kier molecular flexibility index (Phi) is 3.51. The summed E-state index contributed by atoms with van der Waals surface area (Å²) in [4.78, 5) is 12.8. The Labute approximate surface area is 107 Å². The summed E-state index contributed by atoms with van der Waals surface area (Å²) in [6, 6.07) is 5.51. The topological polar surface area (TPSA) is 38.7 Å². The Bertz CT molecular complexity index is 516. The van der Waals surface area contributed by atoms with Gasteiger partial charge in [-0.05, 0) is 40.5 Å². The first-order chi connectivity index (χ1) is 7.70. The molecule has 0 aliphatic heterocycles. The van der Waals surface area contributed by atoms with Gasteiger partial charge in [-0.2, -0.15) is 0 Å². The van der Waals surface area contributed by atoms with Gasteiger partial charge in [0.15, 0.2) is 5.82 Å². The molecule has 0 amide bonds. The van der Waals surface area contributed by atoms with Crippen molar-refractivity contribution in [2.45, 2.75) is 13.3 Å². The molecule has 0 N–H and O–H groups in total. The van der Waals surface area contributed by atoms with E-state index >= 15 is 0 Å². The zero-order valence-corrected chi connectivity index (χ0v) is 11.0. The molecule has 0 bridgehead atoms. The van der Waals surface area contributed by atoms with Crippen molar-refractivity contribution >= 4 is 27.5 Å². The van der Waals surface area contributed by atoms with Crippen molar-refractivity contribution in [3.8, 4) is 11.5 Å². The fourth-order valence-corrected chi connectivity index (χ4v) is 1.94. The minimum Gasteiger partial charge on any atom is -0.252 e. The summed E-state index contributed by atoms with van der Waals surface area (Å²) in [5, 5.41) is 0.444. The van der Waals surface area contributed by atoms with E-state index in [0.29, 0.717) is 16.7 Å². The first-order valence-electron chi connectivity index (χ1n) is 4.85. The molecule has 0 aliphatic rings. The maximum atomic E-state index is 5.94. The van der Waals surface area contributed by atoms with Crippen LogP contribution in [0.25, 0.3) is 11.5 Å². The predicted octanol–water partition coefficient (Wildman–Crippen LogP) is 3.52. The Hall–Kier alpha value is -1.000. The molecule has 0 unspecified atom stereocenters. The molecule has 0 aliphatic carbocycles. The van der Waals surface area contributed by atoms with E-state index in [1.807, 2.05) is 19.1 Å². The standard InChI is InChI=1S/C11H9BrClN3/c1-2-7-6-9(13)16-11(15-7)10-8(12)4-3-5-14-10/h3-6H,2H2,1H3. The molecule has 2 aromatic rings. The number of aryl methyl sites for hydroxylation is 1. The Morgan fingerprint density at radius 3 is 2.88 bits per heavy atom. The molecule has 5 heteroatoms. The van der Waals surface area contributed by atoms with Gasteiger partial charge in [0.2, 0.25) is 0 Å². The smallest absolute Gasteiger partial charge is 0.180 e. The fourth-order valence-electron chi connectivity index (χ4n) is 1.30. The third kappa shape index (κ3) is 2.39. The summed E-state index contributed by atoms with van der Waals surface area (Å²) in [7, 11) is 0. The van der Waals surface area contributed by atoms with Crippen molar-refractivity contribution < 1.29 is 0 Å². The number of pyridine rings is 1. The monoisotopic (exact) mass is 297 g/mol. The van der Waals surface area contributed by atoms with Crippen molar-refractivity contribution in [2.24, 2.45) is 0 Å². The molecule has 0 saturated heterocycles. The molecule has 0 fully saturated rings. The van der Waals surface area contributed by atoms with Crippen LogP contribution in [0.5, 0.6) is 0 Å². The lowest BCUT2D eigenvalue weighted by molar-refractivity contribution is 0.997. The number of aromatic nitrogens is 3. The molecular formula is C11H9BrClN3. The molecule has 82 valence electrons. The lowest BCUT2D eigenvalue weighted by Crippen LogP contribution is -1.97. The van der Waals surface area contributed by atoms with Crippen LogP contribution < -0.4 is 0 Å². The highest BCUT2D eigenvalue weighted by Crippen LogP contribution is 2.23. The molecule has 0 spiro atoms. The van der Waals surface area contributed by atoms with Crippen LogP contribution in [-0.2, 0) is 6.42 Å². The van der Waals surface area contributed by atoms with Crippen LogP contribution in [0.15, 0.2) is 28.9 Å². The van der Waals surface area contributed by atoms with Crippen LogP contribution >= 0.6 is 27.5 Å². The van der Waals surface area contributed by atoms with Crippen molar-refractivity contribution in [1.82, 2.24) is 15.0 Å². The van der Waals surface area contributed by atoms with Crippen molar-refractivity contribution in [3.63, 3.8) is 0 Å². The van der Waals surface area contributed by atoms with Gasteiger partial charge in [0.05, 0.1) is 0 Å². The number of rotatable bonds is 2. The van der Waals surface area contributed by atoms with Gasteiger partial charge in [0, 0.05) is 16.4 Å². The summed E-state index contributed by atoms with van der Waals surface area (Å²) in [5.41, 5.74) is 1.62. The minimum absolute atomic E-state index is 0.444. The van der Waals surface area contributed by atoms with Crippen LogP contribution in [0.2, 0.25) is 5.15 Å². The number of nitrogens with zero attached hydrogens (tertiary/aromatic N) is 3. The molecule has 0 atom stereocenters. The first kappa shape index (κ1) is 11.5. The normalized spacial score (nSPS) is 10.4. The lowest BCUT2D eigenvalue weighted by Gasteiger charge is -2.04. The van der Waals surface area contributed by atoms with Crippen molar-refractivity contribution in [1.29, 1.82) is 0 Å². The van der Waals surface area contributed by atoms with Crippen LogP contribution in [0.3, 0.4) is 0 Å². The van der Waals surface area contributed by atoms with Crippen molar-refractivity contribution in [2.75, 3.05) is 0 Å². The molecule has 0 saturated carbocycles. The Morgan fingerprint density at radius 1 is 1.38 bits per heavy atom. The molecule has 2 aromatic heterocycles. The second-order valence-electron chi connectivity index (χ2n) is 3.19. The molecule has 2 rings (SSSR count). The fraction of sp³-hybridized carbons (Fsp3) is 0.182. The van der Waals surface area contributed by atoms with Gasteiger partial charge in [-0.15, -0.1) is 0 Å². The number of hydrogen-bond acceptors (Lipinski definition) is 3. The van der Waals surface area contributed by atoms with Gasteiger partial charge in [0.1, 0.15) is 10.8 Å². The summed E-state index contributed by atoms with van der Waals surface area (Å²) in [6.07, 6.45) is 2.52. The highest BCUT2D eigenvalue weighted by molar-refractivity contribution is 9.10. The maximum Gasteiger partial charge on any atom is 0.180 e. The summed E-state index contributed by atoms with van der Waals surface area (Å²) in [6.45, 7) is 2.02.